The van der Waals surface area contributed by atoms with E-state index < -0.39 is 17.6 Å². The molecule has 0 fully saturated rings. The molecule has 0 aliphatic carbocycles. The number of halogens is 2. The summed E-state index contributed by atoms with van der Waals surface area (Å²) in [6.07, 6.45) is 0.232. The predicted molar refractivity (Wildman–Crippen MR) is 111 cm³/mol. The maximum Gasteiger partial charge on any atom is 0.271 e. The normalized spacial score (nSPS) is 13.7. The second-order valence-electron chi connectivity index (χ2n) is 6.47. The van der Waals surface area contributed by atoms with Gasteiger partial charge in [0.05, 0.1) is 0 Å². The molecule has 0 spiro atoms. The molecule has 0 radical (unpaired) electrons. The van der Waals surface area contributed by atoms with Crippen molar-refractivity contribution in [2.75, 3.05) is 17.2 Å². The van der Waals surface area contributed by atoms with E-state index in [1.54, 1.807) is 12.1 Å². The minimum Gasteiger partial charge on any atom is -0.324 e. The molecule has 2 aromatic carbocycles. The highest BCUT2D eigenvalue weighted by Crippen LogP contribution is 2.20. The summed E-state index contributed by atoms with van der Waals surface area (Å²) in [7, 11) is 0. The zero-order chi connectivity index (χ0) is 21.0. The number of nitrogens with zero attached hydrogens (tertiary/aromatic N) is 2. The van der Waals surface area contributed by atoms with Gasteiger partial charge < -0.3 is 10.6 Å². The van der Waals surface area contributed by atoms with E-state index in [0.717, 1.165) is 15.0 Å². The SMILES string of the molecule is Cc1cc(NC(=O)CN2N=C(C(=O)Nc3ccc(F)cc3)CCC2=O)ccc1Br. The van der Waals surface area contributed by atoms with Crippen LogP contribution in [0.1, 0.15) is 18.4 Å². The molecule has 1 aliphatic rings. The lowest BCUT2D eigenvalue weighted by atomic mass is 10.1. The summed E-state index contributed by atoms with van der Waals surface area (Å²) in [5.41, 5.74) is 2.08. The van der Waals surface area contributed by atoms with Crippen molar-refractivity contribution in [1.82, 2.24) is 5.01 Å². The number of aryl methyl sites for hydroxylation is 1. The molecule has 2 N–H and O–H groups in total. The number of amides is 3. The third-order valence-corrected chi connectivity index (χ3v) is 5.09. The second-order valence-corrected chi connectivity index (χ2v) is 7.33. The molecule has 0 atom stereocenters. The van der Waals surface area contributed by atoms with Gasteiger partial charge in [0, 0.05) is 28.7 Å². The fourth-order valence-corrected chi connectivity index (χ4v) is 2.93. The number of hydrogen-bond acceptors (Lipinski definition) is 4. The molecule has 0 bridgehead atoms. The van der Waals surface area contributed by atoms with E-state index in [-0.39, 0.29) is 31.0 Å². The summed E-state index contributed by atoms with van der Waals surface area (Å²) in [6.45, 7) is 1.59. The lowest BCUT2D eigenvalue weighted by Crippen LogP contribution is -2.40. The highest BCUT2D eigenvalue weighted by atomic mass is 79.9. The van der Waals surface area contributed by atoms with E-state index in [4.69, 9.17) is 0 Å². The quantitative estimate of drug-likeness (QED) is 0.715. The van der Waals surface area contributed by atoms with E-state index in [2.05, 4.69) is 31.7 Å². The van der Waals surface area contributed by atoms with E-state index in [0.29, 0.717) is 11.4 Å². The van der Waals surface area contributed by atoms with Crippen molar-refractivity contribution in [3.63, 3.8) is 0 Å². The first-order chi connectivity index (χ1) is 13.8. The number of carbonyl (C=O) groups excluding carboxylic acids is 3. The minimum absolute atomic E-state index is 0.0698. The standard InChI is InChI=1S/C20H18BrFN4O3/c1-12-10-15(6-7-16(12)21)23-18(27)11-26-19(28)9-8-17(25-26)20(29)24-14-4-2-13(22)3-5-14/h2-7,10H,8-9,11H2,1H3,(H,23,27)(H,24,29). The fourth-order valence-electron chi connectivity index (χ4n) is 2.68. The second kappa shape index (κ2) is 8.95. The van der Waals surface area contributed by atoms with Crippen LogP contribution in [0.4, 0.5) is 15.8 Å². The van der Waals surface area contributed by atoms with Crippen LogP contribution in [0.3, 0.4) is 0 Å². The Morgan fingerprint density at radius 3 is 2.48 bits per heavy atom. The largest absolute Gasteiger partial charge is 0.324 e. The van der Waals surface area contributed by atoms with Gasteiger partial charge in [0.1, 0.15) is 18.1 Å². The summed E-state index contributed by atoms with van der Waals surface area (Å²) in [6, 6.07) is 10.6. The van der Waals surface area contributed by atoms with Crippen molar-refractivity contribution in [1.29, 1.82) is 0 Å². The summed E-state index contributed by atoms with van der Waals surface area (Å²) in [5.74, 6) is -1.69. The molecule has 0 aromatic heterocycles. The third kappa shape index (κ3) is 5.47. The van der Waals surface area contributed by atoms with Gasteiger partial charge in [-0.05, 0) is 55.0 Å². The Bertz CT molecular complexity index is 992. The zero-order valence-electron chi connectivity index (χ0n) is 15.5. The van der Waals surface area contributed by atoms with Gasteiger partial charge in [-0.15, -0.1) is 0 Å². The number of rotatable bonds is 5. The smallest absolute Gasteiger partial charge is 0.271 e. The summed E-state index contributed by atoms with van der Waals surface area (Å²) >= 11 is 3.39. The molecular weight excluding hydrogens is 443 g/mol. The molecular formula is C20H18BrFN4O3. The number of hydrazone groups is 1. The molecule has 9 heteroatoms. The number of benzene rings is 2. The molecule has 3 amide bonds. The van der Waals surface area contributed by atoms with Crippen molar-refractivity contribution in [3.05, 3.63) is 58.3 Å². The first-order valence-electron chi connectivity index (χ1n) is 8.82. The van der Waals surface area contributed by atoms with Crippen molar-refractivity contribution in [2.24, 2.45) is 5.10 Å². The molecule has 1 aliphatic heterocycles. The Kier molecular flexibility index (Phi) is 6.38. The summed E-state index contributed by atoms with van der Waals surface area (Å²) < 4.78 is 13.9. The van der Waals surface area contributed by atoms with E-state index in [1.165, 1.54) is 24.3 Å². The first kappa shape index (κ1) is 20.7. The van der Waals surface area contributed by atoms with Crippen LogP contribution in [0, 0.1) is 12.7 Å². The minimum atomic E-state index is -0.502. The number of carbonyl (C=O) groups is 3. The molecule has 0 saturated heterocycles. The van der Waals surface area contributed by atoms with E-state index >= 15 is 0 Å². The van der Waals surface area contributed by atoms with Gasteiger partial charge in [0.25, 0.3) is 5.91 Å². The number of anilines is 2. The average Bonchev–Trinajstić information content (AvgIpc) is 2.68. The maximum atomic E-state index is 13.0. The Hall–Kier alpha value is -3.07. The van der Waals surface area contributed by atoms with Crippen LogP contribution in [0.25, 0.3) is 0 Å². The van der Waals surface area contributed by atoms with Crippen LogP contribution in [0.2, 0.25) is 0 Å². The highest BCUT2D eigenvalue weighted by molar-refractivity contribution is 9.10. The molecule has 7 nitrogen and oxygen atoms in total. The molecule has 29 heavy (non-hydrogen) atoms. The van der Waals surface area contributed by atoms with E-state index in [9.17, 15) is 18.8 Å². The van der Waals surface area contributed by atoms with Gasteiger partial charge in [-0.1, -0.05) is 15.9 Å². The third-order valence-electron chi connectivity index (χ3n) is 4.20. The Morgan fingerprint density at radius 2 is 1.79 bits per heavy atom. The molecule has 0 unspecified atom stereocenters. The van der Waals surface area contributed by atoms with Gasteiger partial charge in [-0.25, -0.2) is 9.40 Å². The van der Waals surface area contributed by atoms with Crippen molar-refractivity contribution >= 4 is 50.7 Å². The van der Waals surface area contributed by atoms with Crippen LogP contribution >= 0.6 is 15.9 Å². The summed E-state index contributed by atoms with van der Waals surface area (Å²) in [4.78, 5) is 36.8. The molecule has 2 aromatic rings. The average molecular weight is 461 g/mol. The van der Waals surface area contributed by atoms with Crippen molar-refractivity contribution < 1.29 is 18.8 Å². The molecule has 0 saturated carbocycles. The first-order valence-corrected chi connectivity index (χ1v) is 9.62. The lowest BCUT2D eigenvalue weighted by Gasteiger charge is -2.22. The predicted octanol–water partition coefficient (Wildman–Crippen LogP) is 3.45. The van der Waals surface area contributed by atoms with Crippen molar-refractivity contribution in [2.45, 2.75) is 19.8 Å². The van der Waals surface area contributed by atoms with Gasteiger partial charge in [-0.2, -0.15) is 5.10 Å². The topological polar surface area (TPSA) is 90.9 Å². The van der Waals surface area contributed by atoms with Gasteiger partial charge in [-0.3, -0.25) is 14.4 Å². The zero-order valence-corrected chi connectivity index (χ0v) is 17.1. The maximum absolute atomic E-state index is 13.0. The monoisotopic (exact) mass is 460 g/mol. The van der Waals surface area contributed by atoms with Crippen molar-refractivity contribution in [3.8, 4) is 0 Å². The number of hydrogen-bond donors (Lipinski definition) is 2. The van der Waals surface area contributed by atoms with Gasteiger partial charge in [0.15, 0.2) is 0 Å². The van der Waals surface area contributed by atoms with Gasteiger partial charge in [0.2, 0.25) is 11.8 Å². The highest BCUT2D eigenvalue weighted by Gasteiger charge is 2.26. The van der Waals surface area contributed by atoms with Crippen LogP contribution in [-0.2, 0) is 14.4 Å². The Morgan fingerprint density at radius 1 is 1.10 bits per heavy atom. The van der Waals surface area contributed by atoms with Crippen LogP contribution in [-0.4, -0.2) is 35.0 Å². The molecule has 3 rings (SSSR count). The number of nitrogens with one attached hydrogen (secondary N) is 2. The Balaban J connectivity index is 1.65. The van der Waals surface area contributed by atoms with Gasteiger partial charge >= 0.3 is 0 Å². The van der Waals surface area contributed by atoms with E-state index in [1.807, 2.05) is 13.0 Å². The fraction of sp³-hybridized carbons (Fsp3) is 0.200. The Labute approximate surface area is 175 Å². The molecule has 150 valence electrons. The molecule has 1 heterocycles. The van der Waals surface area contributed by atoms with Crippen LogP contribution in [0.15, 0.2) is 52.0 Å². The van der Waals surface area contributed by atoms with Crippen LogP contribution < -0.4 is 10.6 Å². The lowest BCUT2D eigenvalue weighted by molar-refractivity contribution is -0.135. The van der Waals surface area contributed by atoms with Crippen LogP contribution in [0.5, 0.6) is 0 Å². The summed E-state index contributed by atoms with van der Waals surface area (Å²) in [5, 5.41) is 10.3.